The smallest absolute Gasteiger partial charge is 0.323 e. The molecule has 2 amide bonds. The Hall–Kier alpha value is -3.06. The van der Waals surface area contributed by atoms with E-state index < -0.39 is 0 Å². The van der Waals surface area contributed by atoms with E-state index in [0.29, 0.717) is 18.2 Å². The van der Waals surface area contributed by atoms with E-state index in [1.165, 1.54) is 11.3 Å². The summed E-state index contributed by atoms with van der Waals surface area (Å²) in [4.78, 5) is 22.1. The quantitative estimate of drug-likeness (QED) is 0.721. The van der Waals surface area contributed by atoms with Crippen LogP contribution in [0.5, 0.6) is 5.75 Å². The van der Waals surface area contributed by atoms with Gasteiger partial charge in [0, 0.05) is 38.1 Å². The van der Waals surface area contributed by atoms with E-state index in [1.54, 1.807) is 13.3 Å². The third kappa shape index (κ3) is 4.09. The topological polar surface area (TPSA) is 57.7 Å². The summed E-state index contributed by atoms with van der Waals surface area (Å²) in [5.41, 5.74) is 2.25. The van der Waals surface area contributed by atoms with Crippen molar-refractivity contribution >= 4 is 28.2 Å². The number of amides is 2. The monoisotopic (exact) mass is 394 g/mol. The van der Waals surface area contributed by atoms with Crippen LogP contribution in [0.15, 0.2) is 60.8 Å². The van der Waals surface area contributed by atoms with Gasteiger partial charge in [-0.05, 0) is 29.8 Å². The lowest BCUT2D eigenvalue weighted by molar-refractivity contribution is 0.208. The van der Waals surface area contributed by atoms with E-state index >= 15 is 0 Å². The van der Waals surface area contributed by atoms with Crippen LogP contribution in [-0.2, 0) is 0 Å². The summed E-state index contributed by atoms with van der Waals surface area (Å²) < 4.78 is 5.21. The zero-order valence-electron chi connectivity index (χ0n) is 15.7. The van der Waals surface area contributed by atoms with Gasteiger partial charge in [-0.15, -0.1) is 0 Å². The average molecular weight is 395 g/mol. The second kappa shape index (κ2) is 8.31. The maximum absolute atomic E-state index is 12.6. The van der Waals surface area contributed by atoms with Crippen molar-refractivity contribution in [2.24, 2.45) is 0 Å². The number of nitrogens with zero attached hydrogens (tertiary/aromatic N) is 3. The van der Waals surface area contributed by atoms with E-state index in [9.17, 15) is 4.79 Å². The third-order valence-corrected chi connectivity index (χ3v) is 5.74. The number of thiazole rings is 1. The maximum atomic E-state index is 12.6. The van der Waals surface area contributed by atoms with Gasteiger partial charge in [0.05, 0.1) is 12.0 Å². The van der Waals surface area contributed by atoms with E-state index in [2.05, 4.69) is 27.3 Å². The van der Waals surface area contributed by atoms with Gasteiger partial charge in [0.25, 0.3) is 0 Å². The van der Waals surface area contributed by atoms with Crippen LogP contribution in [0.2, 0.25) is 0 Å². The number of rotatable bonds is 4. The Morgan fingerprint density at radius 2 is 1.75 bits per heavy atom. The van der Waals surface area contributed by atoms with Crippen LogP contribution in [0, 0.1) is 0 Å². The number of hydrogen-bond donors (Lipinski definition) is 1. The molecule has 0 saturated carbocycles. The second-order valence-corrected chi connectivity index (χ2v) is 7.53. The zero-order chi connectivity index (χ0) is 19.3. The highest BCUT2D eigenvalue weighted by Gasteiger charge is 2.22. The number of benzene rings is 2. The maximum Gasteiger partial charge on any atom is 0.323 e. The Labute approximate surface area is 168 Å². The van der Waals surface area contributed by atoms with Crippen molar-refractivity contribution in [1.29, 1.82) is 0 Å². The summed E-state index contributed by atoms with van der Waals surface area (Å²) in [5.74, 6) is 0.847. The standard InChI is InChI=1S/C21H22N4O2S/c1-27-18-9-7-17(8-10-18)24-11-13-25(14-12-24)21(26)23-20-22-15-19(28-20)16-5-3-2-4-6-16/h2-10,15H,11-14H2,1H3,(H,22,23,26). The molecule has 2 aromatic carbocycles. The molecule has 1 N–H and O–H groups in total. The molecule has 4 rings (SSSR count). The highest BCUT2D eigenvalue weighted by molar-refractivity contribution is 7.19. The van der Waals surface area contributed by atoms with Gasteiger partial charge in [-0.2, -0.15) is 0 Å². The molecule has 1 aliphatic heterocycles. The predicted molar refractivity (Wildman–Crippen MR) is 113 cm³/mol. The van der Waals surface area contributed by atoms with Gasteiger partial charge < -0.3 is 14.5 Å². The van der Waals surface area contributed by atoms with Crippen LogP contribution >= 0.6 is 11.3 Å². The number of ether oxygens (including phenoxy) is 1. The van der Waals surface area contributed by atoms with Crippen LogP contribution in [0.1, 0.15) is 0 Å². The Kier molecular flexibility index (Phi) is 5.43. The first kappa shape index (κ1) is 18.3. The summed E-state index contributed by atoms with van der Waals surface area (Å²) >= 11 is 1.49. The minimum atomic E-state index is -0.0941. The van der Waals surface area contributed by atoms with Crippen LogP contribution in [0.4, 0.5) is 15.6 Å². The van der Waals surface area contributed by atoms with Gasteiger partial charge in [-0.1, -0.05) is 41.7 Å². The first-order chi connectivity index (χ1) is 13.7. The third-order valence-electron chi connectivity index (χ3n) is 4.78. The Morgan fingerprint density at radius 1 is 1.04 bits per heavy atom. The number of piperazine rings is 1. The molecule has 1 aliphatic rings. The number of nitrogens with one attached hydrogen (secondary N) is 1. The fourth-order valence-electron chi connectivity index (χ4n) is 3.20. The van der Waals surface area contributed by atoms with Gasteiger partial charge >= 0.3 is 6.03 Å². The van der Waals surface area contributed by atoms with Crippen molar-refractivity contribution in [1.82, 2.24) is 9.88 Å². The van der Waals surface area contributed by atoms with Crippen molar-refractivity contribution in [3.63, 3.8) is 0 Å². The molecular weight excluding hydrogens is 372 g/mol. The molecule has 144 valence electrons. The molecule has 1 saturated heterocycles. The molecule has 7 heteroatoms. The summed E-state index contributed by atoms with van der Waals surface area (Å²) in [6, 6.07) is 18.0. The summed E-state index contributed by atoms with van der Waals surface area (Å²) in [5, 5.41) is 3.56. The van der Waals surface area contributed by atoms with E-state index in [0.717, 1.165) is 35.0 Å². The van der Waals surface area contributed by atoms with Gasteiger partial charge in [-0.3, -0.25) is 5.32 Å². The van der Waals surface area contributed by atoms with E-state index in [4.69, 9.17) is 4.74 Å². The molecule has 6 nitrogen and oxygen atoms in total. The predicted octanol–water partition coefficient (Wildman–Crippen LogP) is 4.17. The molecule has 28 heavy (non-hydrogen) atoms. The summed E-state index contributed by atoms with van der Waals surface area (Å²) in [6.07, 6.45) is 1.80. The average Bonchev–Trinajstić information content (AvgIpc) is 3.23. The lowest BCUT2D eigenvalue weighted by atomic mass is 10.2. The van der Waals surface area contributed by atoms with Gasteiger partial charge in [0.2, 0.25) is 0 Å². The molecule has 0 unspecified atom stereocenters. The number of hydrogen-bond acceptors (Lipinski definition) is 5. The molecule has 1 aromatic heterocycles. The molecule has 0 spiro atoms. The lowest BCUT2D eigenvalue weighted by Crippen LogP contribution is -2.50. The van der Waals surface area contributed by atoms with Crippen LogP contribution in [0.3, 0.4) is 0 Å². The van der Waals surface area contributed by atoms with Gasteiger partial charge in [-0.25, -0.2) is 9.78 Å². The highest BCUT2D eigenvalue weighted by atomic mass is 32.1. The molecule has 3 aromatic rings. The van der Waals surface area contributed by atoms with Crippen molar-refractivity contribution in [3.8, 4) is 16.2 Å². The minimum absolute atomic E-state index is 0.0941. The Morgan fingerprint density at radius 3 is 2.43 bits per heavy atom. The second-order valence-electron chi connectivity index (χ2n) is 6.50. The number of anilines is 2. The molecular formula is C21H22N4O2S. The fraction of sp³-hybridized carbons (Fsp3) is 0.238. The first-order valence-corrected chi connectivity index (χ1v) is 10.0. The summed E-state index contributed by atoms with van der Waals surface area (Å²) in [7, 11) is 1.66. The van der Waals surface area contributed by atoms with Crippen molar-refractivity contribution in [2.45, 2.75) is 0 Å². The van der Waals surface area contributed by atoms with E-state index in [1.807, 2.05) is 47.4 Å². The van der Waals surface area contributed by atoms with Gasteiger partial charge in [0.1, 0.15) is 5.75 Å². The fourth-order valence-corrected chi connectivity index (χ4v) is 4.01. The highest BCUT2D eigenvalue weighted by Crippen LogP contribution is 2.29. The molecule has 0 bridgehead atoms. The number of carbonyl (C=O) groups is 1. The SMILES string of the molecule is COc1ccc(N2CCN(C(=O)Nc3ncc(-c4ccccc4)s3)CC2)cc1. The van der Waals surface area contributed by atoms with Crippen LogP contribution < -0.4 is 15.0 Å². The molecule has 2 heterocycles. The van der Waals surface area contributed by atoms with Crippen molar-refractivity contribution in [3.05, 3.63) is 60.8 Å². The molecule has 0 atom stereocenters. The van der Waals surface area contributed by atoms with Crippen molar-refractivity contribution in [2.75, 3.05) is 43.5 Å². The van der Waals surface area contributed by atoms with E-state index in [-0.39, 0.29) is 6.03 Å². The summed E-state index contributed by atoms with van der Waals surface area (Å²) in [6.45, 7) is 2.95. The lowest BCUT2D eigenvalue weighted by Gasteiger charge is -2.35. The number of carbonyl (C=O) groups excluding carboxylic acids is 1. The van der Waals surface area contributed by atoms with Gasteiger partial charge in [0.15, 0.2) is 5.13 Å². The van der Waals surface area contributed by atoms with Crippen LogP contribution in [-0.4, -0.2) is 49.2 Å². The number of urea groups is 1. The first-order valence-electron chi connectivity index (χ1n) is 9.19. The number of aromatic nitrogens is 1. The van der Waals surface area contributed by atoms with Crippen LogP contribution in [0.25, 0.3) is 10.4 Å². The largest absolute Gasteiger partial charge is 0.497 e. The molecule has 0 radical (unpaired) electrons. The molecule has 1 fully saturated rings. The van der Waals surface area contributed by atoms with Crippen molar-refractivity contribution < 1.29 is 9.53 Å². The zero-order valence-corrected chi connectivity index (χ0v) is 16.5. The Balaban J connectivity index is 1.32. The number of methoxy groups -OCH3 is 1. The normalized spacial score (nSPS) is 14.0. The Bertz CT molecular complexity index is 919. The molecule has 0 aliphatic carbocycles. The minimum Gasteiger partial charge on any atom is -0.497 e.